The van der Waals surface area contributed by atoms with E-state index >= 15 is 0 Å². The Kier molecular flexibility index (Phi) is 17.0. The Labute approximate surface area is 326 Å². The molecule has 0 saturated heterocycles. The first-order valence-corrected chi connectivity index (χ1v) is 18.8. The third-order valence-electron chi connectivity index (χ3n) is 9.30. The maximum atomic E-state index is 13.4. The highest BCUT2D eigenvalue weighted by Gasteiger charge is 2.31. The summed E-state index contributed by atoms with van der Waals surface area (Å²) >= 11 is 0. The van der Waals surface area contributed by atoms with Crippen LogP contribution >= 0.6 is 0 Å². The monoisotopic (exact) mass is 776 g/mol. The Morgan fingerprint density at radius 2 is 1.27 bits per heavy atom. The van der Waals surface area contributed by atoms with Crippen molar-refractivity contribution in [1.29, 1.82) is 0 Å². The van der Waals surface area contributed by atoms with E-state index < -0.39 is 83.6 Å². The largest absolute Gasteiger partial charge is 0.480 e. The van der Waals surface area contributed by atoms with Crippen molar-refractivity contribution in [3.63, 3.8) is 0 Å². The number of aromatic amines is 1. The van der Waals surface area contributed by atoms with E-state index in [0.717, 1.165) is 22.0 Å². The van der Waals surface area contributed by atoms with Gasteiger partial charge in [-0.15, -0.1) is 0 Å². The molecule has 0 aliphatic carbocycles. The lowest BCUT2D eigenvalue weighted by molar-refractivity contribution is -0.142. The molecule has 3 rings (SSSR count). The molecule has 56 heavy (non-hydrogen) atoms. The molecular formula is C40H56N8O8. The summed E-state index contributed by atoms with van der Waals surface area (Å²) in [4.78, 5) is 93.0. The summed E-state index contributed by atoms with van der Waals surface area (Å²) in [5.41, 5.74) is 8.29. The lowest BCUT2D eigenvalue weighted by atomic mass is 10.0. The quantitative estimate of drug-likeness (QED) is 0.0700. The van der Waals surface area contributed by atoms with Gasteiger partial charge in [-0.1, -0.05) is 76.2 Å². The van der Waals surface area contributed by atoms with Crippen LogP contribution in [-0.2, 0) is 46.4 Å². The first kappa shape index (κ1) is 44.6. The number of nitrogens with one attached hydrogen (secondary N) is 7. The first-order chi connectivity index (χ1) is 26.5. The maximum absolute atomic E-state index is 13.4. The lowest BCUT2D eigenvalue weighted by Gasteiger charge is -2.25. The number of hydrogen-bond donors (Lipinski definition) is 9. The molecule has 3 aromatic rings. The van der Waals surface area contributed by atoms with E-state index in [1.165, 1.54) is 13.8 Å². The highest BCUT2D eigenvalue weighted by atomic mass is 16.4. The number of aromatic nitrogens is 1. The van der Waals surface area contributed by atoms with Crippen LogP contribution in [0.4, 0.5) is 0 Å². The minimum Gasteiger partial charge on any atom is -0.480 e. The van der Waals surface area contributed by atoms with Gasteiger partial charge in [-0.3, -0.25) is 28.8 Å². The summed E-state index contributed by atoms with van der Waals surface area (Å²) in [5, 5.41) is 26.4. The van der Waals surface area contributed by atoms with Gasteiger partial charge in [0.05, 0.1) is 6.04 Å². The van der Waals surface area contributed by atoms with Crippen LogP contribution in [0.2, 0.25) is 0 Å². The summed E-state index contributed by atoms with van der Waals surface area (Å²) in [6.07, 6.45) is 2.11. The molecule has 0 unspecified atom stereocenters. The molecule has 6 amide bonds. The number of aliphatic carboxylic acids is 1. The van der Waals surface area contributed by atoms with Crippen LogP contribution in [-0.4, -0.2) is 94.3 Å². The first-order valence-electron chi connectivity index (χ1n) is 18.8. The second-order valence-corrected chi connectivity index (χ2v) is 14.6. The smallest absolute Gasteiger partial charge is 0.326 e. The fourth-order valence-electron chi connectivity index (χ4n) is 5.79. The number of H-pyrrole nitrogens is 1. The maximum Gasteiger partial charge on any atom is 0.326 e. The number of carbonyl (C=O) groups excluding carboxylic acids is 6. The zero-order chi connectivity index (χ0) is 41.5. The van der Waals surface area contributed by atoms with E-state index in [-0.39, 0.29) is 38.1 Å². The second-order valence-electron chi connectivity index (χ2n) is 14.6. The van der Waals surface area contributed by atoms with Crippen molar-refractivity contribution in [3.8, 4) is 0 Å². The molecule has 6 atom stereocenters. The number of benzene rings is 2. The van der Waals surface area contributed by atoms with Crippen molar-refractivity contribution in [1.82, 2.24) is 36.9 Å². The number of rotatable bonds is 21. The standard InChI is InChI=1S/C40H56N8O8/c1-22(2)33(41)38(53)45-25(6)35(50)46-30(20-27-21-43-29-16-11-10-15-28(27)29)37(52)42-18-12-17-32(49)44-24(5)36(51)48-34(23(3)4)39(54)47-31(40(55)56)19-26-13-8-7-9-14-26/h7-11,13-16,21-25,30-31,33-34,43H,12,17-20,41H2,1-6H3,(H,42,52)(H,44,49)(H,45,53)(H,46,50)(H,47,54)(H,48,51)(H,55,56)/t24-,25-,30-,31+,33-,34-/m1/s1. The molecule has 0 bridgehead atoms. The van der Waals surface area contributed by atoms with Crippen LogP contribution in [0.1, 0.15) is 65.5 Å². The molecule has 16 nitrogen and oxygen atoms in total. The van der Waals surface area contributed by atoms with Crippen molar-refractivity contribution >= 4 is 52.3 Å². The Bertz CT molecular complexity index is 1830. The highest BCUT2D eigenvalue weighted by Crippen LogP contribution is 2.19. The number of carboxylic acid groups (broad SMARTS) is 1. The van der Waals surface area contributed by atoms with E-state index in [9.17, 15) is 38.7 Å². The van der Waals surface area contributed by atoms with Gasteiger partial charge in [0.1, 0.15) is 30.2 Å². The summed E-state index contributed by atoms with van der Waals surface area (Å²) in [7, 11) is 0. The van der Waals surface area contributed by atoms with Gasteiger partial charge in [0.25, 0.3) is 0 Å². The average molecular weight is 777 g/mol. The van der Waals surface area contributed by atoms with Crippen molar-refractivity contribution in [3.05, 3.63) is 71.9 Å². The summed E-state index contributed by atoms with van der Waals surface area (Å²) in [5.74, 6) is -5.10. The molecule has 0 fully saturated rings. The fraction of sp³-hybridized carbons (Fsp3) is 0.475. The van der Waals surface area contributed by atoms with Gasteiger partial charge in [0.15, 0.2) is 0 Å². The molecule has 304 valence electrons. The van der Waals surface area contributed by atoms with Crippen molar-refractivity contribution in [2.24, 2.45) is 17.6 Å². The number of fused-ring (bicyclic) bond motifs is 1. The second kappa shape index (κ2) is 21.4. The summed E-state index contributed by atoms with van der Waals surface area (Å²) in [6, 6.07) is 10.2. The van der Waals surface area contributed by atoms with Gasteiger partial charge in [-0.25, -0.2) is 4.79 Å². The third-order valence-corrected chi connectivity index (χ3v) is 9.30. The third kappa shape index (κ3) is 13.5. The van der Waals surface area contributed by atoms with Crippen LogP contribution in [0.25, 0.3) is 10.9 Å². The Morgan fingerprint density at radius 3 is 1.91 bits per heavy atom. The van der Waals surface area contributed by atoms with Crippen LogP contribution < -0.4 is 37.6 Å². The zero-order valence-electron chi connectivity index (χ0n) is 32.8. The van der Waals surface area contributed by atoms with E-state index in [4.69, 9.17) is 5.73 Å². The Morgan fingerprint density at radius 1 is 0.661 bits per heavy atom. The molecule has 2 aromatic carbocycles. The SMILES string of the molecule is CC(C)[C@@H](N)C(=O)N[C@H](C)C(=O)N[C@H](Cc1c[nH]c2ccccc12)C(=O)NCCCC(=O)N[C@H](C)C(=O)N[C@@H](C(=O)N[C@@H](Cc1ccccc1)C(=O)O)C(C)C. The van der Waals surface area contributed by atoms with E-state index in [0.29, 0.717) is 0 Å². The van der Waals surface area contributed by atoms with Crippen LogP contribution in [0.15, 0.2) is 60.8 Å². The lowest BCUT2D eigenvalue weighted by Crippen LogP contribution is -2.57. The Hall–Kier alpha value is -5.77. The zero-order valence-corrected chi connectivity index (χ0v) is 32.8. The average Bonchev–Trinajstić information content (AvgIpc) is 3.56. The van der Waals surface area contributed by atoms with Gasteiger partial charge in [0, 0.05) is 42.9 Å². The predicted octanol–water partition coefficient (Wildman–Crippen LogP) is 1.04. The number of para-hydroxylation sites is 1. The summed E-state index contributed by atoms with van der Waals surface area (Å²) < 4.78 is 0. The number of amides is 6. The molecule has 0 spiro atoms. The number of carboxylic acids is 1. The van der Waals surface area contributed by atoms with Gasteiger partial charge < -0.3 is 47.7 Å². The molecular weight excluding hydrogens is 720 g/mol. The van der Waals surface area contributed by atoms with E-state index in [1.807, 2.05) is 24.3 Å². The van der Waals surface area contributed by atoms with E-state index in [1.54, 1.807) is 64.2 Å². The molecule has 16 heteroatoms. The minimum absolute atomic E-state index is 0.0512. The van der Waals surface area contributed by atoms with Gasteiger partial charge >= 0.3 is 5.97 Å². The number of nitrogens with two attached hydrogens (primary N) is 1. The van der Waals surface area contributed by atoms with Gasteiger partial charge in [0.2, 0.25) is 35.4 Å². The molecule has 10 N–H and O–H groups in total. The molecule has 0 aliphatic heterocycles. The van der Waals surface area contributed by atoms with Gasteiger partial charge in [-0.05, 0) is 49.3 Å². The Balaban J connectivity index is 1.54. The van der Waals surface area contributed by atoms with Crippen LogP contribution in [0.3, 0.4) is 0 Å². The minimum atomic E-state index is -1.22. The molecule has 1 aromatic heterocycles. The van der Waals surface area contributed by atoms with Crippen molar-refractivity contribution in [2.75, 3.05) is 6.54 Å². The number of hydrogen-bond acceptors (Lipinski definition) is 8. The van der Waals surface area contributed by atoms with Crippen molar-refractivity contribution < 1.29 is 38.7 Å². The highest BCUT2D eigenvalue weighted by molar-refractivity contribution is 5.95. The van der Waals surface area contributed by atoms with E-state index in [2.05, 4.69) is 36.9 Å². The van der Waals surface area contributed by atoms with Crippen molar-refractivity contribution in [2.45, 2.75) is 103 Å². The fourth-order valence-corrected chi connectivity index (χ4v) is 5.79. The molecule has 0 radical (unpaired) electrons. The normalized spacial score (nSPS) is 14.4. The molecule has 0 aliphatic rings. The molecule has 0 saturated carbocycles. The van der Waals surface area contributed by atoms with Crippen LogP contribution in [0, 0.1) is 11.8 Å². The number of carbonyl (C=O) groups is 7. The predicted molar refractivity (Wildman–Crippen MR) is 211 cm³/mol. The van der Waals surface area contributed by atoms with Crippen LogP contribution in [0.5, 0.6) is 0 Å². The molecule has 1 heterocycles. The summed E-state index contributed by atoms with van der Waals surface area (Å²) in [6.45, 7) is 10.0. The van der Waals surface area contributed by atoms with Gasteiger partial charge in [-0.2, -0.15) is 0 Å². The topological polar surface area (TPSA) is 254 Å².